The average Bonchev–Trinajstić information content (AvgIpc) is 2.59. The first kappa shape index (κ1) is 21.6. The van der Waals surface area contributed by atoms with Crippen LogP contribution in [0.2, 0.25) is 0 Å². The molecule has 0 saturated carbocycles. The third-order valence-corrected chi connectivity index (χ3v) is 5.21. The summed E-state index contributed by atoms with van der Waals surface area (Å²) in [5.74, 6) is 1.32. The molecule has 0 unspecified atom stereocenters. The van der Waals surface area contributed by atoms with Gasteiger partial charge in [0.05, 0.1) is 0 Å². The van der Waals surface area contributed by atoms with Gasteiger partial charge >= 0.3 is 0 Å². The Morgan fingerprint density at radius 3 is 1.90 bits per heavy atom. The Kier molecular flexibility index (Phi) is 6.46. The van der Waals surface area contributed by atoms with Crippen LogP contribution in [0.5, 0.6) is 0 Å². The van der Waals surface area contributed by atoms with Crippen molar-refractivity contribution in [1.82, 2.24) is 0 Å². The third kappa shape index (κ3) is 5.69. The molecule has 0 spiro atoms. The minimum Gasteiger partial charge on any atom is -0.191 e. The Labute approximate surface area is 177 Å². The smallest absolute Gasteiger partial charge is 0.191 e. The van der Waals surface area contributed by atoms with E-state index >= 15 is 0 Å². The van der Waals surface area contributed by atoms with Gasteiger partial charge in [-0.25, -0.2) is 0 Å². The highest BCUT2D eigenvalue weighted by Gasteiger charge is 2.24. The van der Waals surface area contributed by atoms with Gasteiger partial charge in [-0.2, -0.15) is 4.57 Å². The molecule has 0 amide bonds. The zero-order valence-electron chi connectivity index (χ0n) is 19.4. The van der Waals surface area contributed by atoms with E-state index in [0.717, 1.165) is 19.4 Å². The molecule has 1 heterocycles. The highest BCUT2D eigenvalue weighted by molar-refractivity contribution is 5.77. The first-order valence-corrected chi connectivity index (χ1v) is 11.2. The predicted molar refractivity (Wildman–Crippen MR) is 126 cm³/mol. The summed E-state index contributed by atoms with van der Waals surface area (Å²) in [6, 6.07) is 20.6. The number of para-hydroxylation sites is 1. The molecule has 1 nitrogen and oxygen atoms in total. The molecule has 0 aliphatic rings. The maximum Gasteiger partial charge on any atom is 0.213 e. The lowest BCUT2D eigenvalue weighted by molar-refractivity contribution is -0.672. The first-order chi connectivity index (χ1) is 13.6. The van der Waals surface area contributed by atoms with Crippen molar-refractivity contribution >= 4 is 10.9 Å². The fraction of sp³-hybridized carbons (Fsp3) is 0.464. The van der Waals surface area contributed by atoms with E-state index in [0.29, 0.717) is 11.8 Å². The Bertz CT molecular complexity index is 945. The van der Waals surface area contributed by atoms with Gasteiger partial charge in [0, 0.05) is 28.5 Å². The van der Waals surface area contributed by atoms with Crippen molar-refractivity contribution in [3.05, 3.63) is 65.7 Å². The minimum absolute atomic E-state index is 0.208. The number of benzene rings is 2. The van der Waals surface area contributed by atoms with E-state index < -0.39 is 0 Å². The summed E-state index contributed by atoms with van der Waals surface area (Å²) in [6.07, 6.45) is 2.26. The number of hydrogen-bond acceptors (Lipinski definition) is 0. The molecule has 0 radical (unpaired) electrons. The van der Waals surface area contributed by atoms with Gasteiger partial charge in [0.25, 0.3) is 0 Å². The summed E-state index contributed by atoms with van der Waals surface area (Å²) in [5.41, 5.74) is 7.13. The molecule has 0 aliphatic heterocycles. The van der Waals surface area contributed by atoms with Crippen LogP contribution in [0.3, 0.4) is 0 Å². The summed E-state index contributed by atoms with van der Waals surface area (Å²) in [4.78, 5) is 0. The van der Waals surface area contributed by atoms with Gasteiger partial charge in [-0.05, 0) is 60.1 Å². The van der Waals surface area contributed by atoms with Gasteiger partial charge in [0.15, 0.2) is 6.54 Å². The van der Waals surface area contributed by atoms with Crippen molar-refractivity contribution < 1.29 is 4.57 Å². The van der Waals surface area contributed by atoms with E-state index in [1.54, 1.807) is 0 Å². The lowest BCUT2D eigenvalue weighted by Crippen LogP contribution is -2.42. The zero-order chi connectivity index (χ0) is 21.2. The number of aromatic nitrogens is 1. The van der Waals surface area contributed by atoms with Crippen LogP contribution >= 0.6 is 0 Å². The van der Waals surface area contributed by atoms with Crippen LogP contribution in [-0.4, -0.2) is 0 Å². The molecule has 29 heavy (non-hydrogen) atoms. The summed E-state index contributed by atoms with van der Waals surface area (Å²) < 4.78 is 2.53. The predicted octanol–water partition coefficient (Wildman–Crippen LogP) is 7.24. The van der Waals surface area contributed by atoms with Gasteiger partial charge in [-0.3, -0.25) is 0 Å². The molecular weight excluding hydrogens is 350 g/mol. The normalized spacial score (nSPS) is 12.3. The van der Waals surface area contributed by atoms with Gasteiger partial charge in [0.1, 0.15) is 0 Å². The van der Waals surface area contributed by atoms with E-state index in [2.05, 4.69) is 108 Å². The van der Waals surface area contributed by atoms with E-state index in [1.165, 1.54) is 33.3 Å². The SMILES string of the molecule is CC(C)Cc1cc(CC(C)C)cc(-c2ccc3ccccc3[n+]2CC(C)(C)C)c1. The number of nitrogens with zero attached hydrogens (tertiary/aromatic N) is 1. The fourth-order valence-electron chi connectivity index (χ4n) is 4.25. The van der Waals surface area contributed by atoms with Crippen molar-refractivity contribution in [1.29, 1.82) is 0 Å². The van der Waals surface area contributed by atoms with Crippen LogP contribution < -0.4 is 4.57 Å². The van der Waals surface area contributed by atoms with E-state index in [-0.39, 0.29) is 5.41 Å². The molecule has 0 saturated heterocycles. The van der Waals surface area contributed by atoms with Gasteiger partial charge < -0.3 is 0 Å². The standard InChI is InChI=1S/C28H38N/c1-20(2)14-22-16-23(15-21(3)4)18-25(17-22)27-13-12-24-10-8-9-11-26(24)29(27)19-28(5,6)7/h8-13,16-18,20-21H,14-15,19H2,1-7H3/q+1. The number of rotatable bonds is 6. The molecule has 0 aliphatic carbocycles. The quantitative estimate of drug-likeness (QED) is 0.392. The topological polar surface area (TPSA) is 3.88 Å². The van der Waals surface area contributed by atoms with Crippen molar-refractivity contribution in [2.45, 2.75) is 67.9 Å². The van der Waals surface area contributed by atoms with Gasteiger partial charge in [-0.1, -0.05) is 66.7 Å². The molecule has 2 aromatic carbocycles. The maximum absolute atomic E-state index is 2.53. The maximum atomic E-state index is 2.53. The first-order valence-electron chi connectivity index (χ1n) is 11.2. The molecule has 1 aromatic heterocycles. The summed E-state index contributed by atoms with van der Waals surface area (Å²) in [6.45, 7) is 17.2. The third-order valence-electron chi connectivity index (χ3n) is 5.21. The second-order valence-electron chi connectivity index (χ2n) is 10.7. The zero-order valence-corrected chi connectivity index (χ0v) is 19.4. The number of fused-ring (bicyclic) bond motifs is 1. The average molecular weight is 389 g/mol. The Balaban J connectivity index is 2.21. The van der Waals surface area contributed by atoms with Crippen LogP contribution in [0.1, 0.15) is 59.6 Å². The van der Waals surface area contributed by atoms with E-state index in [1.807, 2.05) is 0 Å². The molecule has 0 N–H and O–H groups in total. The highest BCUT2D eigenvalue weighted by Crippen LogP contribution is 2.26. The highest BCUT2D eigenvalue weighted by atomic mass is 15.0. The second-order valence-corrected chi connectivity index (χ2v) is 10.7. The van der Waals surface area contributed by atoms with Crippen LogP contribution in [0.15, 0.2) is 54.6 Å². The van der Waals surface area contributed by atoms with Gasteiger partial charge in [0.2, 0.25) is 11.2 Å². The van der Waals surface area contributed by atoms with Crippen molar-refractivity contribution in [3.8, 4) is 11.3 Å². The molecule has 3 aromatic rings. The van der Waals surface area contributed by atoms with E-state index in [4.69, 9.17) is 0 Å². The second kappa shape index (κ2) is 8.69. The summed E-state index contributed by atoms with van der Waals surface area (Å²) >= 11 is 0. The molecule has 0 fully saturated rings. The summed E-state index contributed by atoms with van der Waals surface area (Å²) in [5, 5.41) is 1.31. The number of hydrogen-bond donors (Lipinski definition) is 0. The van der Waals surface area contributed by atoms with Gasteiger partial charge in [-0.15, -0.1) is 0 Å². The van der Waals surface area contributed by atoms with Crippen molar-refractivity contribution in [2.75, 3.05) is 0 Å². The lowest BCUT2D eigenvalue weighted by atomic mass is 9.92. The van der Waals surface area contributed by atoms with Crippen LogP contribution in [-0.2, 0) is 19.4 Å². The molecule has 0 atom stereocenters. The largest absolute Gasteiger partial charge is 0.213 e. The van der Waals surface area contributed by atoms with E-state index in [9.17, 15) is 0 Å². The van der Waals surface area contributed by atoms with Crippen LogP contribution in [0.4, 0.5) is 0 Å². The Morgan fingerprint density at radius 1 is 0.759 bits per heavy atom. The minimum atomic E-state index is 0.208. The molecule has 3 rings (SSSR count). The lowest BCUT2D eigenvalue weighted by Gasteiger charge is -2.18. The monoisotopic (exact) mass is 388 g/mol. The van der Waals surface area contributed by atoms with Crippen molar-refractivity contribution in [3.63, 3.8) is 0 Å². The van der Waals surface area contributed by atoms with Crippen LogP contribution in [0.25, 0.3) is 22.2 Å². The fourth-order valence-corrected chi connectivity index (χ4v) is 4.25. The molecular formula is C28H38N+. The molecule has 154 valence electrons. The molecule has 0 bridgehead atoms. The molecule has 1 heteroatoms. The van der Waals surface area contributed by atoms with Crippen molar-refractivity contribution in [2.24, 2.45) is 17.3 Å². The Hall–Kier alpha value is -2.15. The summed E-state index contributed by atoms with van der Waals surface area (Å²) in [7, 11) is 0. The van der Waals surface area contributed by atoms with Crippen LogP contribution in [0, 0.1) is 17.3 Å². The Morgan fingerprint density at radius 2 is 1.34 bits per heavy atom. The number of pyridine rings is 1.